The van der Waals surface area contributed by atoms with Gasteiger partial charge in [-0.25, -0.2) is 0 Å². The van der Waals surface area contributed by atoms with Crippen molar-refractivity contribution in [3.63, 3.8) is 0 Å². The zero-order chi connectivity index (χ0) is 12.3. The first-order valence-electron chi connectivity index (χ1n) is 5.69. The van der Waals surface area contributed by atoms with Gasteiger partial charge in [-0.1, -0.05) is 32.0 Å². The Bertz CT molecular complexity index is 549. The van der Waals surface area contributed by atoms with Gasteiger partial charge in [0.05, 0.1) is 12.6 Å². The van der Waals surface area contributed by atoms with Gasteiger partial charge in [0, 0.05) is 16.7 Å². The fraction of sp³-hybridized carbons (Fsp3) is 0.357. The summed E-state index contributed by atoms with van der Waals surface area (Å²) in [6, 6.07) is 10.6. The van der Waals surface area contributed by atoms with Crippen LogP contribution in [0.4, 0.5) is 0 Å². The Balaban J connectivity index is 2.29. The number of nitrogens with zero attached hydrogens (tertiary/aromatic N) is 1. The molecule has 1 N–H and O–H groups in total. The van der Waals surface area contributed by atoms with Crippen LogP contribution in [-0.4, -0.2) is 13.1 Å². The number of hydrogen-bond acceptors (Lipinski definition) is 3. The van der Waals surface area contributed by atoms with Gasteiger partial charge in [0.1, 0.15) is 0 Å². The van der Waals surface area contributed by atoms with E-state index in [1.807, 2.05) is 0 Å². The van der Waals surface area contributed by atoms with E-state index in [-0.39, 0.29) is 5.41 Å². The van der Waals surface area contributed by atoms with Crippen molar-refractivity contribution in [2.75, 3.05) is 13.1 Å². The molecule has 0 aliphatic carbocycles. The van der Waals surface area contributed by atoms with E-state index in [1.165, 1.54) is 15.6 Å². The summed E-state index contributed by atoms with van der Waals surface area (Å²) in [7, 11) is 0. The highest BCUT2D eigenvalue weighted by molar-refractivity contribution is 7.17. The summed E-state index contributed by atoms with van der Waals surface area (Å²) >= 11 is 1.79. The van der Waals surface area contributed by atoms with Crippen LogP contribution in [0.2, 0.25) is 0 Å². The van der Waals surface area contributed by atoms with E-state index in [9.17, 15) is 0 Å². The first kappa shape index (κ1) is 12.1. The summed E-state index contributed by atoms with van der Waals surface area (Å²) in [4.78, 5) is 0. The molecule has 1 heterocycles. The fourth-order valence-electron chi connectivity index (χ4n) is 2.03. The van der Waals surface area contributed by atoms with E-state index in [0.29, 0.717) is 6.54 Å². The average molecular weight is 244 g/mol. The van der Waals surface area contributed by atoms with Crippen LogP contribution < -0.4 is 5.32 Å². The first-order chi connectivity index (χ1) is 8.15. The van der Waals surface area contributed by atoms with E-state index in [1.54, 1.807) is 11.3 Å². The van der Waals surface area contributed by atoms with Gasteiger partial charge in [0.15, 0.2) is 0 Å². The van der Waals surface area contributed by atoms with Crippen molar-refractivity contribution in [3.05, 3.63) is 35.2 Å². The van der Waals surface area contributed by atoms with Crippen molar-refractivity contribution in [3.8, 4) is 6.07 Å². The zero-order valence-electron chi connectivity index (χ0n) is 10.2. The molecule has 0 amide bonds. The Morgan fingerprint density at radius 1 is 1.35 bits per heavy atom. The summed E-state index contributed by atoms with van der Waals surface area (Å²) in [5.41, 5.74) is 1.42. The van der Waals surface area contributed by atoms with Gasteiger partial charge in [-0.2, -0.15) is 5.26 Å². The number of nitriles is 1. The second-order valence-corrected chi connectivity index (χ2v) is 5.70. The third-order valence-electron chi connectivity index (χ3n) is 2.98. The van der Waals surface area contributed by atoms with Gasteiger partial charge in [0.2, 0.25) is 0 Å². The molecule has 0 aliphatic rings. The predicted octanol–water partition coefficient (Wildman–Crippen LogP) is 3.29. The minimum absolute atomic E-state index is 0.0520. The Kier molecular flexibility index (Phi) is 3.46. The summed E-state index contributed by atoms with van der Waals surface area (Å²) in [5, 5.41) is 15.3. The lowest BCUT2D eigenvalue weighted by atomic mass is 9.84. The molecule has 0 unspecified atom stereocenters. The largest absolute Gasteiger partial charge is 0.304 e. The van der Waals surface area contributed by atoms with Crippen LogP contribution in [0.5, 0.6) is 0 Å². The Morgan fingerprint density at radius 3 is 2.88 bits per heavy atom. The van der Waals surface area contributed by atoms with E-state index in [0.717, 1.165) is 6.54 Å². The third-order valence-corrected chi connectivity index (χ3v) is 3.94. The molecule has 1 aromatic heterocycles. The van der Waals surface area contributed by atoms with Crippen LogP contribution in [0.25, 0.3) is 10.1 Å². The normalized spacial score (nSPS) is 11.6. The van der Waals surface area contributed by atoms with Gasteiger partial charge in [-0.3, -0.25) is 0 Å². The van der Waals surface area contributed by atoms with Gasteiger partial charge in [-0.05, 0) is 22.4 Å². The zero-order valence-corrected chi connectivity index (χ0v) is 11.0. The standard InChI is InChI=1S/C14H16N2S/c1-14(2,10-16-8-7-15)12-9-17-13-6-4-3-5-11(12)13/h3-6,9,16H,8,10H2,1-2H3. The Labute approximate surface area is 106 Å². The van der Waals surface area contributed by atoms with Gasteiger partial charge in [0.25, 0.3) is 0 Å². The molecule has 0 radical (unpaired) electrons. The van der Waals surface area contributed by atoms with Crippen molar-refractivity contribution in [2.45, 2.75) is 19.3 Å². The molecule has 17 heavy (non-hydrogen) atoms. The number of thiophene rings is 1. The third kappa shape index (κ3) is 2.49. The predicted molar refractivity (Wildman–Crippen MR) is 73.3 cm³/mol. The van der Waals surface area contributed by atoms with Crippen molar-refractivity contribution in [1.29, 1.82) is 5.26 Å². The van der Waals surface area contributed by atoms with Crippen LogP contribution in [0.1, 0.15) is 19.4 Å². The number of nitrogens with one attached hydrogen (secondary N) is 1. The van der Waals surface area contributed by atoms with Gasteiger partial charge < -0.3 is 5.32 Å². The molecule has 2 rings (SSSR count). The minimum atomic E-state index is 0.0520. The smallest absolute Gasteiger partial charge is 0.0841 e. The highest BCUT2D eigenvalue weighted by Gasteiger charge is 2.23. The van der Waals surface area contributed by atoms with E-state index < -0.39 is 0 Å². The number of fused-ring (bicyclic) bond motifs is 1. The number of rotatable bonds is 4. The molecule has 3 heteroatoms. The van der Waals surface area contributed by atoms with E-state index >= 15 is 0 Å². The second kappa shape index (κ2) is 4.87. The molecule has 0 fully saturated rings. The average Bonchev–Trinajstić information content (AvgIpc) is 2.73. The van der Waals surface area contributed by atoms with Crippen LogP contribution >= 0.6 is 11.3 Å². The van der Waals surface area contributed by atoms with Gasteiger partial charge >= 0.3 is 0 Å². The summed E-state index contributed by atoms with van der Waals surface area (Å²) < 4.78 is 1.33. The van der Waals surface area contributed by atoms with E-state index in [4.69, 9.17) is 5.26 Å². The van der Waals surface area contributed by atoms with Crippen molar-refractivity contribution in [2.24, 2.45) is 0 Å². The molecule has 0 aliphatic heterocycles. The monoisotopic (exact) mass is 244 g/mol. The van der Waals surface area contributed by atoms with Crippen LogP contribution in [-0.2, 0) is 5.41 Å². The maximum absolute atomic E-state index is 8.55. The molecule has 2 aromatic rings. The summed E-state index contributed by atoms with van der Waals surface area (Å²) in [5.74, 6) is 0. The molecule has 1 aromatic carbocycles. The molecule has 88 valence electrons. The highest BCUT2D eigenvalue weighted by atomic mass is 32.1. The van der Waals surface area contributed by atoms with Crippen molar-refractivity contribution < 1.29 is 0 Å². The minimum Gasteiger partial charge on any atom is -0.304 e. The summed E-state index contributed by atoms with van der Waals surface area (Å²) in [6.07, 6.45) is 0. The van der Waals surface area contributed by atoms with Crippen LogP contribution in [0, 0.1) is 11.3 Å². The fourth-order valence-corrected chi connectivity index (χ4v) is 3.18. The maximum Gasteiger partial charge on any atom is 0.0841 e. The summed E-state index contributed by atoms with van der Waals surface area (Å²) in [6.45, 7) is 5.66. The number of hydrogen-bond donors (Lipinski definition) is 1. The Hall–Kier alpha value is -1.37. The SMILES string of the molecule is CC(C)(CNCC#N)c1csc2ccccc12. The molecule has 0 saturated heterocycles. The highest BCUT2D eigenvalue weighted by Crippen LogP contribution is 2.34. The molecule has 0 atom stereocenters. The lowest BCUT2D eigenvalue weighted by molar-refractivity contribution is 0.489. The molecule has 2 nitrogen and oxygen atoms in total. The van der Waals surface area contributed by atoms with Crippen molar-refractivity contribution in [1.82, 2.24) is 5.32 Å². The van der Waals surface area contributed by atoms with E-state index in [2.05, 4.69) is 54.9 Å². The molecule has 0 saturated carbocycles. The topological polar surface area (TPSA) is 35.8 Å². The first-order valence-corrected chi connectivity index (χ1v) is 6.57. The van der Waals surface area contributed by atoms with Crippen LogP contribution in [0.3, 0.4) is 0 Å². The van der Waals surface area contributed by atoms with Crippen LogP contribution in [0.15, 0.2) is 29.6 Å². The second-order valence-electron chi connectivity index (χ2n) is 4.79. The molecular weight excluding hydrogens is 228 g/mol. The molecule has 0 bridgehead atoms. The molecule has 0 spiro atoms. The molecular formula is C14H16N2S. The van der Waals surface area contributed by atoms with Gasteiger partial charge in [-0.15, -0.1) is 11.3 Å². The Morgan fingerprint density at radius 2 is 2.12 bits per heavy atom. The maximum atomic E-state index is 8.55. The van der Waals surface area contributed by atoms with Crippen molar-refractivity contribution >= 4 is 21.4 Å². The quantitative estimate of drug-likeness (QED) is 0.661. The lowest BCUT2D eigenvalue weighted by Gasteiger charge is -2.24. The lowest BCUT2D eigenvalue weighted by Crippen LogP contribution is -2.32. The number of benzene rings is 1.